The highest BCUT2D eigenvalue weighted by molar-refractivity contribution is 5.86. The fraction of sp³-hybridized carbons (Fsp3) is 0.667. The van der Waals surface area contributed by atoms with Gasteiger partial charge in [-0.05, 0) is 20.8 Å². The molecule has 0 fully saturated rings. The molecule has 0 aliphatic heterocycles. The first-order valence-corrected chi connectivity index (χ1v) is 5.21. The van der Waals surface area contributed by atoms with Gasteiger partial charge < -0.3 is 9.47 Å². The number of carbonyl (C=O) groups excluding carboxylic acids is 2. The molecule has 0 rings (SSSR count). The summed E-state index contributed by atoms with van der Waals surface area (Å²) in [6, 6.07) is 0. The molecule has 0 bridgehead atoms. The van der Waals surface area contributed by atoms with Crippen LogP contribution in [0.2, 0.25) is 0 Å². The van der Waals surface area contributed by atoms with Crippen molar-refractivity contribution in [3.05, 3.63) is 12.2 Å². The summed E-state index contributed by atoms with van der Waals surface area (Å²) in [4.78, 5) is 22.5. The third kappa shape index (κ3) is 5.53. The molecule has 0 aromatic carbocycles. The fourth-order valence-corrected chi connectivity index (χ4v) is 0.782. The zero-order chi connectivity index (χ0) is 12.9. The molecule has 16 heavy (non-hydrogen) atoms. The van der Waals surface area contributed by atoms with Crippen LogP contribution in [0.3, 0.4) is 0 Å². The van der Waals surface area contributed by atoms with Gasteiger partial charge in [-0.1, -0.05) is 20.4 Å². The molecule has 0 unspecified atom stereocenters. The summed E-state index contributed by atoms with van der Waals surface area (Å²) in [5, 5.41) is 0. The van der Waals surface area contributed by atoms with E-state index in [9.17, 15) is 9.59 Å². The Morgan fingerprint density at radius 3 is 2.19 bits per heavy atom. The minimum Gasteiger partial charge on any atom is -0.458 e. The molecule has 0 aromatic heterocycles. The third-order valence-corrected chi connectivity index (χ3v) is 1.75. The second-order valence-electron chi connectivity index (χ2n) is 4.69. The smallest absolute Gasteiger partial charge is 0.333 e. The van der Waals surface area contributed by atoms with Crippen molar-refractivity contribution in [3.63, 3.8) is 0 Å². The second kappa shape index (κ2) is 5.68. The van der Waals surface area contributed by atoms with Crippen molar-refractivity contribution in [2.75, 3.05) is 6.61 Å². The molecule has 0 saturated carbocycles. The van der Waals surface area contributed by atoms with E-state index in [2.05, 4.69) is 6.58 Å². The Kier molecular flexibility index (Phi) is 5.21. The van der Waals surface area contributed by atoms with E-state index in [1.165, 1.54) is 0 Å². The number of esters is 2. The molecule has 0 spiro atoms. The topological polar surface area (TPSA) is 52.6 Å². The minimum absolute atomic E-state index is 0.0250. The van der Waals surface area contributed by atoms with Crippen LogP contribution in [-0.4, -0.2) is 24.1 Å². The van der Waals surface area contributed by atoms with Crippen molar-refractivity contribution in [3.8, 4) is 0 Å². The monoisotopic (exact) mass is 228 g/mol. The molecule has 92 valence electrons. The van der Waals surface area contributed by atoms with Gasteiger partial charge in [0.05, 0.1) is 5.92 Å². The van der Waals surface area contributed by atoms with Gasteiger partial charge in [0.15, 0.2) is 0 Å². The van der Waals surface area contributed by atoms with E-state index < -0.39 is 11.6 Å². The standard InChI is InChI=1S/C12H20O4/c1-8(2)10(13)15-7-12(5,6)16-11(14)9(3)4/h9H,1,7H2,2-6H3. The molecular formula is C12H20O4. The number of hydrogen-bond donors (Lipinski definition) is 0. The van der Waals surface area contributed by atoms with E-state index in [1.807, 2.05) is 0 Å². The Morgan fingerprint density at radius 1 is 1.31 bits per heavy atom. The Bertz CT molecular complexity index is 289. The van der Waals surface area contributed by atoms with Crippen molar-refractivity contribution >= 4 is 11.9 Å². The Balaban J connectivity index is 4.20. The number of hydrogen-bond acceptors (Lipinski definition) is 4. The maximum atomic E-state index is 11.4. The van der Waals surface area contributed by atoms with Crippen LogP contribution >= 0.6 is 0 Å². The Labute approximate surface area is 96.6 Å². The average molecular weight is 228 g/mol. The van der Waals surface area contributed by atoms with Crippen molar-refractivity contribution < 1.29 is 19.1 Å². The molecule has 0 aliphatic rings. The predicted molar refractivity (Wildman–Crippen MR) is 60.8 cm³/mol. The Morgan fingerprint density at radius 2 is 1.81 bits per heavy atom. The van der Waals surface area contributed by atoms with Gasteiger partial charge in [0.1, 0.15) is 12.2 Å². The molecule has 0 aromatic rings. The summed E-state index contributed by atoms with van der Waals surface area (Å²) >= 11 is 0. The van der Waals surface area contributed by atoms with Gasteiger partial charge in [0.25, 0.3) is 0 Å². The lowest BCUT2D eigenvalue weighted by Gasteiger charge is -2.25. The van der Waals surface area contributed by atoms with Gasteiger partial charge in [0, 0.05) is 5.57 Å². The van der Waals surface area contributed by atoms with Crippen LogP contribution in [0.4, 0.5) is 0 Å². The first kappa shape index (κ1) is 14.7. The van der Waals surface area contributed by atoms with Gasteiger partial charge >= 0.3 is 11.9 Å². The van der Waals surface area contributed by atoms with E-state index in [-0.39, 0.29) is 18.5 Å². The minimum atomic E-state index is -0.813. The van der Waals surface area contributed by atoms with Gasteiger partial charge in [-0.15, -0.1) is 0 Å². The molecule has 0 N–H and O–H groups in total. The van der Waals surface area contributed by atoms with Crippen LogP contribution < -0.4 is 0 Å². The van der Waals surface area contributed by atoms with Crippen LogP contribution in [0.1, 0.15) is 34.6 Å². The fourth-order valence-electron chi connectivity index (χ4n) is 0.782. The van der Waals surface area contributed by atoms with E-state index in [4.69, 9.17) is 9.47 Å². The van der Waals surface area contributed by atoms with E-state index in [0.29, 0.717) is 5.57 Å². The largest absolute Gasteiger partial charge is 0.458 e. The van der Waals surface area contributed by atoms with Gasteiger partial charge in [-0.25, -0.2) is 4.79 Å². The summed E-state index contributed by atoms with van der Waals surface area (Å²) in [6.45, 7) is 11.9. The molecule has 0 aliphatic carbocycles. The highest BCUT2D eigenvalue weighted by Gasteiger charge is 2.26. The van der Waals surface area contributed by atoms with Gasteiger partial charge in [-0.2, -0.15) is 0 Å². The van der Waals surface area contributed by atoms with Gasteiger partial charge in [0.2, 0.25) is 0 Å². The van der Waals surface area contributed by atoms with E-state index >= 15 is 0 Å². The number of ether oxygens (including phenoxy) is 2. The number of rotatable bonds is 5. The maximum Gasteiger partial charge on any atom is 0.333 e. The van der Waals surface area contributed by atoms with Crippen molar-refractivity contribution in [2.24, 2.45) is 5.92 Å². The quantitative estimate of drug-likeness (QED) is 0.534. The van der Waals surface area contributed by atoms with Crippen LogP contribution in [-0.2, 0) is 19.1 Å². The summed E-state index contributed by atoms with van der Waals surface area (Å²) in [5.41, 5.74) is -0.488. The third-order valence-electron chi connectivity index (χ3n) is 1.75. The first-order valence-electron chi connectivity index (χ1n) is 5.21. The van der Waals surface area contributed by atoms with Crippen molar-refractivity contribution in [1.29, 1.82) is 0 Å². The highest BCUT2D eigenvalue weighted by Crippen LogP contribution is 2.13. The zero-order valence-electron chi connectivity index (χ0n) is 10.6. The molecule has 0 heterocycles. The summed E-state index contributed by atoms with van der Waals surface area (Å²) in [7, 11) is 0. The van der Waals surface area contributed by atoms with Gasteiger partial charge in [-0.3, -0.25) is 4.79 Å². The molecule has 0 amide bonds. The lowest BCUT2D eigenvalue weighted by Crippen LogP contribution is -2.35. The normalized spacial score (nSPS) is 11.1. The first-order chi connectivity index (χ1) is 7.15. The lowest BCUT2D eigenvalue weighted by molar-refractivity contribution is -0.169. The number of carbonyl (C=O) groups is 2. The van der Waals surface area contributed by atoms with Crippen LogP contribution in [0.25, 0.3) is 0 Å². The van der Waals surface area contributed by atoms with Crippen LogP contribution in [0, 0.1) is 5.92 Å². The molecule has 0 saturated heterocycles. The average Bonchev–Trinajstić information content (AvgIpc) is 2.13. The zero-order valence-corrected chi connectivity index (χ0v) is 10.6. The van der Waals surface area contributed by atoms with Crippen LogP contribution in [0.15, 0.2) is 12.2 Å². The molecule has 4 nitrogen and oxygen atoms in total. The predicted octanol–water partition coefficient (Wildman–Crippen LogP) is 2.08. The maximum absolute atomic E-state index is 11.4. The van der Waals surface area contributed by atoms with Crippen molar-refractivity contribution in [1.82, 2.24) is 0 Å². The Hall–Kier alpha value is -1.32. The van der Waals surface area contributed by atoms with Crippen LogP contribution in [0.5, 0.6) is 0 Å². The SMILES string of the molecule is C=C(C)C(=O)OCC(C)(C)OC(=O)C(C)C. The highest BCUT2D eigenvalue weighted by atomic mass is 16.6. The molecule has 4 heteroatoms. The van der Waals surface area contributed by atoms with E-state index in [1.54, 1.807) is 34.6 Å². The molecule has 0 atom stereocenters. The second-order valence-corrected chi connectivity index (χ2v) is 4.69. The summed E-state index contributed by atoms with van der Waals surface area (Å²) < 4.78 is 10.1. The summed E-state index contributed by atoms with van der Waals surface area (Å²) in [6.07, 6.45) is 0. The van der Waals surface area contributed by atoms with Crippen molar-refractivity contribution in [2.45, 2.75) is 40.2 Å². The lowest BCUT2D eigenvalue weighted by atomic mass is 10.1. The molecular weight excluding hydrogens is 208 g/mol. The summed E-state index contributed by atoms with van der Waals surface area (Å²) in [5.74, 6) is -0.985. The molecule has 0 radical (unpaired) electrons. The van der Waals surface area contributed by atoms with E-state index in [0.717, 1.165) is 0 Å².